The summed E-state index contributed by atoms with van der Waals surface area (Å²) in [5, 5.41) is 2.76. The highest BCUT2D eigenvalue weighted by Gasteiger charge is 2.32. The Morgan fingerprint density at radius 1 is 1.23 bits per heavy atom. The van der Waals surface area contributed by atoms with Crippen molar-refractivity contribution in [3.05, 3.63) is 59.4 Å². The second kappa shape index (κ2) is 7.99. The van der Waals surface area contributed by atoms with Gasteiger partial charge in [0.1, 0.15) is 5.75 Å². The number of rotatable bonds is 5. The molecule has 0 saturated carbocycles. The van der Waals surface area contributed by atoms with E-state index in [0.29, 0.717) is 24.4 Å². The highest BCUT2D eigenvalue weighted by Crippen LogP contribution is 2.33. The van der Waals surface area contributed by atoms with Crippen LogP contribution >= 0.6 is 0 Å². The average Bonchev–Trinajstić information content (AvgIpc) is 3.16. The zero-order valence-electron chi connectivity index (χ0n) is 15.1. The molecule has 1 aromatic heterocycles. The van der Waals surface area contributed by atoms with Crippen LogP contribution in [-0.4, -0.2) is 35.4 Å². The van der Waals surface area contributed by atoms with Gasteiger partial charge in [-0.15, -0.1) is 0 Å². The van der Waals surface area contributed by atoms with E-state index in [4.69, 9.17) is 4.74 Å². The van der Waals surface area contributed by atoms with Gasteiger partial charge in [0.25, 0.3) is 5.91 Å². The van der Waals surface area contributed by atoms with Crippen LogP contribution in [0.25, 0.3) is 0 Å². The predicted molar refractivity (Wildman–Crippen MR) is 97.8 cm³/mol. The molecule has 1 aliphatic heterocycles. The number of pyridine rings is 1. The van der Waals surface area contributed by atoms with Crippen molar-refractivity contribution >= 4 is 11.8 Å². The summed E-state index contributed by atoms with van der Waals surface area (Å²) < 4.78 is 5.34. The second-order valence-corrected chi connectivity index (χ2v) is 6.32. The summed E-state index contributed by atoms with van der Waals surface area (Å²) >= 11 is 0. The van der Waals surface area contributed by atoms with E-state index in [9.17, 15) is 9.59 Å². The maximum atomic E-state index is 13.1. The normalized spacial score (nSPS) is 16.4. The number of hydrogen-bond acceptors (Lipinski definition) is 4. The number of para-hydroxylation sites is 1. The number of carbonyl (C=O) groups excluding carboxylic acids is 2. The van der Waals surface area contributed by atoms with Crippen LogP contribution in [-0.2, 0) is 11.3 Å². The third-order valence-corrected chi connectivity index (χ3v) is 4.54. The average molecular weight is 353 g/mol. The number of aromatic nitrogens is 1. The number of nitrogens with zero attached hydrogens (tertiary/aromatic N) is 2. The van der Waals surface area contributed by atoms with Crippen molar-refractivity contribution in [1.82, 2.24) is 15.2 Å². The first-order valence-corrected chi connectivity index (χ1v) is 8.74. The number of carbonyl (C=O) groups is 2. The van der Waals surface area contributed by atoms with E-state index >= 15 is 0 Å². The van der Waals surface area contributed by atoms with Crippen LogP contribution < -0.4 is 10.1 Å². The summed E-state index contributed by atoms with van der Waals surface area (Å²) in [6, 6.07) is 12.9. The highest BCUT2D eigenvalue weighted by molar-refractivity contribution is 5.97. The minimum absolute atomic E-state index is 0.0426. The van der Waals surface area contributed by atoms with Crippen LogP contribution in [0.2, 0.25) is 0 Å². The summed E-state index contributed by atoms with van der Waals surface area (Å²) in [5.74, 6) is 0.445. The Labute approximate surface area is 153 Å². The molecule has 3 rings (SSSR count). The Morgan fingerprint density at radius 2 is 2.04 bits per heavy atom. The molecule has 136 valence electrons. The quantitative estimate of drug-likeness (QED) is 0.897. The highest BCUT2D eigenvalue weighted by atomic mass is 16.5. The molecule has 0 unspecified atom stereocenters. The van der Waals surface area contributed by atoms with Gasteiger partial charge in [-0.1, -0.05) is 18.2 Å². The van der Waals surface area contributed by atoms with E-state index in [1.54, 1.807) is 19.2 Å². The molecule has 0 aliphatic carbocycles. The van der Waals surface area contributed by atoms with Gasteiger partial charge in [-0.2, -0.15) is 0 Å². The van der Waals surface area contributed by atoms with Gasteiger partial charge in [-0.25, -0.2) is 0 Å². The van der Waals surface area contributed by atoms with Crippen molar-refractivity contribution in [2.75, 3.05) is 13.7 Å². The summed E-state index contributed by atoms with van der Waals surface area (Å²) in [6.07, 6.45) is 1.81. The Bertz CT molecular complexity index is 806. The van der Waals surface area contributed by atoms with Gasteiger partial charge in [0.15, 0.2) is 0 Å². The largest absolute Gasteiger partial charge is 0.496 e. The van der Waals surface area contributed by atoms with Crippen LogP contribution in [0.3, 0.4) is 0 Å². The number of benzene rings is 1. The van der Waals surface area contributed by atoms with Crippen LogP contribution in [0.5, 0.6) is 5.75 Å². The fourth-order valence-corrected chi connectivity index (χ4v) is 3.29. The van der Waals surface area contributed by atoms with Crippen molar-refractivity contribution in [2.45, 2.75) is 32.4 Å². The number of likely N-dealkylation sites (tertiary alicyclic amines) is 1. The van der Waals surface area contributed by atoms with E-state index in [-0.39, 0.29) is 17.9 Å². The maximum Gasteiger partial charge on any atom is 0.258 e. The number of amides is 2. The minimum atomic E-state index is -0.0916. The van der Waals surface area contributed by atoms with Crippen LogP contribution in [0.15, 0.2) is 42.5 Å². The smallest absolute Gasteiger partial charge is 0.258 e. The standard InChI is InChI=1S/C20H23N3O3/c1-14(24)21-13-15-7-5-9-17(22-15)18-10-6-12-23(18)20(25)16-8-3-4-11-19(16)26-2/h3-5,7-9,11,18H,6,10,12-13H2,1-2H3,(H,21,24)/t18-/m0/s1. The third kappa shape index (κ3) is 3.85. The Hall–Kier alpha value is -2.89. The molecule has 1 N–H and O–H groups in total. The number of methoxy groups -OCH3 is 1. The van der Waals surface area contributed by atoms with Gasteiger partial charge in [-0.05, 0) is 37.1 Å². The Balaban J connectivity index is 1.83. The number of ether oxygens (including phenoxy) is 1. The monoisotopic (exact) mass is 353 g/mol. The van der Waals surface area contributed by atoms with Gasteiger partial charge in [0.2, 0.25) is 5.91 Å². The maximum absolute atomic E-state index is 13.1. The molecule has 1 fully saturated rings. The van der Waals surface area contributed by atoms with Gasteiger partial charge >= 0.3 is 0 Å². The molecule has 2 amide bonds. The lowest BCUT2D eigenvalue weighted by molar-refractivity contribution is -0.119. The lowest BCUT2D eigenvalue weighted by Crippen LogP contribution is -2.31. The van der Waals surface area contributed by atoms with Crippen molar-refractivity contribution in [3.63, 3.8) is 0 Å². The molecule has 1 saturated heterocycles. The van der Waals surface area contributed by atoms with E-state index in [0.717, 1.165) is 24.2 Å². The Morgan fingerprint density at radius 3 is 2.81 bits per heavy atom. The molecule has 0 radical (unpaired) electrons. The fraction of sp³-hybridized carbons (Fsp3) is 0.350. The van der Waals surface area contributed by atoms with Gasteiger partial charge in [0.05, 0.1) is 36.6 Å². The van der Waals surface area contributed by atoms with Crippen LogP contribution in [0, 0.1) is 0 Å². The van der Waals surface area contributed by atoms with Gasteiger partial charge in [-0.3, -0.25) is 14.6 Å². The zero-order chi connectivity index (χ0) is 18.5. The fourth-order valence-electron chi connectivity index (χ4n) is 3.29. The lowest BCUT2D eigenvalue weighted by atomic mass is 10.1. The molecule has 1 aliphatic rings. The van der Waals surface area contributed by atoms with Gasteiger partial charge < -0.3 is 15.0 Å². The third-order valence-electron chi connectivity index (χ3n) is 4.54. The first-order valence-electron chi connectivity index (χ1n) is 8.74. The number of hydrogen-bond donors (Lipinski definition) is 1. The zero-order valence-corrected chi connectivity index (χ0v) is 15.1. The van der Waals surface area contributed by atoms with Crippen molar-refractivity contribution < 1.29 is 14.3 Å². The summed E-state index contributed by atoms with van der Waals surface area (Å²) in [4.78, 5) is 30.7. The molecule has 0 spiro atoms. The summed E-state index contributed by atoms with van der Waals surface area (Å²) in [7, 11) is 1.57. The molecule has 0 bridgehead atoms. The van der Waals surface area contributed by atoms with E-state index < -0.39 is 0 Å². The molecule has 2 heterocycles. The molecule has 2 aromatic rings. The molecular weight excluding hydrogens is 330 g/mol. The van der Waals surface area contributed by atoms with E-state index in [1.165, 1.54) is 6.92 Å². The molecule has 6 nitrogen and oxygen atoms in total. The molecule has 1 atom stereocenters. The van der Waals surface area contributed by atoms with Crippen molar-refractivity contribution in [1.29, 1.82) is 0 Å². The summed E-state index contributed by atoms with van der Waals surface area (Å²) in [6.45, 7) is 2.56. The van der Waals surface area contributed by atoms with E-state index in [2.05, 4.69) is 10.3 Å². The van der Waals surface area contributed by atoms with Crippen LogP contribution in [0.4, 0.5) is 0 Å². The first kappa shape index (κ1) is 17.9. The first-order chi connectivity index (χ1) is 12.6. The van der Waals surface area contributed by atoms with Crippen molar-refractivity contribution in [3.8, 4) is 5.75 Å². The second-order valence-electron chi connectivity index (χ2n) is 6.32. The van der Waals surface area contributed by atoms with Crippen LogP contribution in [0.1, 0.15) is 47.6 Å². The van der Waals surface area contributed by atoms with Crippen molar-refractivity contribution in [2.24, 2.45) is 0 Å². The topological polar surface area (TPSA) is 71.5 Å². The SMILES string of the molecule is COc1ccccc1C(=O)N1CCC[C@H]1c1cccc(CNC(C)=O)n1. The molecule has 26 heavy (non-hydrogen) atoms. The molecule has 1 aromatic carbocycles. The lowest BCUT2D eigenvalue weighted by Gasteiger charge is -2.25. The molecule has 6 heteroatoms. The van der Waals surface area contributed by atoms with Gasteiger partial charge in [0, 0.05) is 13.5 Å². The Kier molecular flexibility index (Phi) is 5.51. The van der Waals surface area contributed by atoms with E-state index in [1.807, 2.05) is 35.2 Å². The molecular formula is C20H23N3O3. The summed E-state index contributed by atoms with van der Waals surface area (Å²) in [5.41, 5.74) is 2.21. The minimum Gasteiger partial charge on any atom is -0.496 e. The number of nitrogens with one attached hydrogen (secondary N) is 1. The predicted octanol–water partition coefficient (Wildman–Crippen LogP) is 2.70.